The first-order valence-corrected chi connectivity index (χ1v) is 6.17. The molecule has 0 bridgehead atoms. The van der Waals surface area contributed by atoms with Gasteiger partial charge in [0.05, 0.1) is 6.54 Å². The smallest absolute Gasteiger partial charge is 0.236 e. The SMILES string of the molecule is CCCCN(CC(N)=O)c1ccc(C=O)cc1C. The van der Waals surface area contributed by atoms with E-state index in [1.165, 1.54) is 0 Å². The molecule has 0 aliphatic rings. The zero-order chi connectivity index (χ0) is 13.5. The second-order valence-electron chi connectivity index (χ2n) is 4.41. The number of nitrogens with two attached hydrogens (primary N) is 1. The number of carbonyl (C=O) groups excluding carboxylic acids is 2. The van der Waals surface area contributed by atoms with E-state index in [1.807, 2.05) is 24.0 Å². The second kappa shape index (κ2) is 6.79. The van der Waals surface area contributed by atoms with Crippen molar-refractivity contribution in [2.75, 3.05) is 18.0 Å². The fourth-order valence-electron chi connectivity index (χ4n) is 1.93. The van der Waals surface area contributed by atoms with E-state index < -0.39 is 0 Å². The lowest BCUT2D eigenvalue weighted by molar-refractivity contribution is -0.116. The minimum absolute atomic E-state index is 0.210. The van der Waals surface area contributed by atoms with Gasteiger partial charge in [-0.25, -0.2) is 0 Å². The van der Waals surface area contributed by atoms with Gasteiger partial charge in [-0.15, -0.1) is 0 Å². The molecule has 0 saturated carbocycles. The fourth-order valence-corrected chi connectivity index (χ4v) is 1.93. The number of anilines is 1. The molecule has 0 saturated heterocycles. The number of aldehydes is 1. The molecule has 0 radical (unpaired) electrons. The number of amides is 1. The molecule has 0 spiro atoms. The van der Waals surface area contributed by atoms with Gasteiger partial charge in [-0.1, -0.05) is 13.3 Å². The summed E-state index contributed by atoms with van der Waals surface area (Å²) in [5, 5.41) is 0. The van der Waals surface area contributed by atoms with Crippen LogP contribution in [0.4, 0.5) is 5.69 Å². The molecule has 0 heterocycles. The number of primary amides is 1. The Kier molecular flexibility index (Phi) is 5.36. The minimum atomic E-state index is -0.343. The average molecular weight is 248 g/mol. The highest BCUT2D eigenvalue weighted by Gasteiger charge is 2.11. The third kappa shape index (κ3) is 3.87. The van der Waals surface area contributed by atoms with Crippen LogP contribution in [0.3, 0.4) is 0 Å². The summed E-state index contributed by atoms with van der Waals surface area (Å²) in [7, 11) is 0. The van der Waals surface area contributed by atoms with Gasteiger partial charge < -0.3 is 10.6 Å². The molecular formula is C14H20N2O2. The second-order valence-corrected chi connectivity index (χ2v) is 4.41. The number of benzene rings is 1. The summed E-state index contributed by atoms with van der Waals surface area (Å²) in [6.45, 7) is 5.04. The topological polar surface area (TPSA) is 63.4 Å². The molecule has 4 nitrogen and oxygen atoms in total. The molecule has 1 amide bonds. The van der Waals surface area contributed by atoms with Crippen LogP contribution in [0, 0.1) is 6.92 Å². The summed E-state index contributed by atoms with van der Waals surface area (Å²) in [5.74, 6) is -0.343. The number of aryl methyl sites for hydroxylation is 1. The van der Waals surface area contributed by atoms with E-state index in [2.05, 4.69) is 6.92 Å². The van der Waals surface area contributed by atoms with E-state index in [4.69, 9.17) is 5.73 Å². The van der Waals surface area contributed by atoms with Gasteiger partial charge in [0.15, 0.2) is 0 Å². The maximum absolute atomic E-state index is 11.1. The molecule has 0 fully saturated rings. The van der Waals surface area contributed by atoms with Gasteiger partial charge in [-0.3, -0.25) is 9.59 Å². The van der Waals surface area contributed by atoms with Crippen molar-refractivity contribution in [2.24, 2.45) is 5.73 Å². The van der Waals surface area contributed by atoms with Gasteiger partial charge in [0.25, 0.3) is 0 Å². The highest BCUT2D eigenvalue weighted by Crippen LogP contribution is 2.21. The third-order valence-electron chi connectivity index (χ3n) is 2.83. The Morgan fingerprint density at radius 1 is 1.44 bits per heavy atom. The number of hydrogen-bond acceptors (Lipinski definition) is 3. The van der Waals surface area contributed by atoms with E-state index in [0.717, 1.165) is 36.9 Å². The zero-order valence-corrected chi connectivity index (χ0v) is 11.0. The molecule has 1 rings (SSSR count). The van der Waals surface area contributed by atoms with Gasteiger partial charge in [0.2, 0.25) is 5.91 Å². The Labute approximate surface area is 108 Å². The van der Waals surface area contributed by atoms with Crippen molar-refractivity contribution in [1.82, 2.24) is 0 Å². The first-order valence-electron chi connectivity index (χ1n) is 6.17. The summed E-state index contributed by atoms with van der Waals surface area (Å²) in [5.41, 5.74) is 7.86. The van der Waals surface area contributed by atoms with E-state index in [9.17, 15) is 9.59 Å². The fraction of sp³-hybridized carbons (Fsp3) is 0.429. The van der Waals surface area contributed by atoms with Crippen LogP contribution in [0.2, 0.25) is 0 Å². The lowest BCUT2D eigenvalue weighted by atomic mass is 10.1. The van der Waals surface area contributed by atoms with E-state index in [-0.39, 0.29) is 12.5 Å². The molecule has 1 aromatic rings. The molecule has 2 N–H and O–H groups in total. The lowest BCUT2D eigenvalue weighted by Gasteiger charge is -2.25. The largest absolute Gasteiger partial charge is 0.368 e. The number of rotatable bonds is 7. The summed E-state index contributed by atoms with van der Waals surface area (Å²) in [4.78, 5) is 23.8. The van der Waals surface area contributed by atoms with Gasteiger partial charge in [-0.05, 0) is 37.1 Å². The molecule has 4 heteroatoms. The minimum Gasteiger partial charge on any atom is -0.368 e. The van der Waals surface area contributed by atoms with Crippen LogP contribution < -0.4 is 10.6 Å². The highest BCUT2D eigenvalue weighted by molar-refractivity contribution is 5.81. The van der Waals surface area contributed by atoms with E-state index >= 15 is 0 Å². The van der Waals surface area contributed by atoms with Crippen LogP contribution in [-0.2, 0) is 4.79 Å². The van der Waals surface area contributed by atoms with Crippen LogP contribution in [0.5, 0.6) is 0 Å². The Morgan fingerprint density at radius 3 is 2.67 bits per heavy atom. The van der Waals surface area contributed by atoms with Crippen LogP contribution in [0.15, 0.2) is 18.2 Å². The number of unbranched alkanes of at least 4 members (excludes halogenated alkanes) is 1. The molecule has 1 aromatic carbocycles. The predicted octanol–water partition coefficient (Wildman–Crippen LogP) is 1.90. The number of carbonyl (C=O) groups is 2. The van der Waals surface area contributed by atoms with Crippen LogP contribution in [0.25, 0.3) is 0 Å². The van der Waals surface area contributed by atoms with Crippen molar-refractivity contribution in [1.29, 1.82) is 0 Å². The van der Waals surface area contributed by atoms with Crippen LogP contribution in [-0.4, -0.2) is 25.3 Å². The van der Waals surface area contributed by atoms with Crippen molar-refractivity contribution in [2.45, 2.75) is 26.7 Å². The quantitative estimate of drug-likeness (QED) is 0.749. The van der Waals surface area contributed by atoms with Crippen LogP contribution in [0.1, 0.15) is 35.7 Å². The molecule has 0 atom stereocenters. The Hall–Kier alpha value is -1.84. The molecule has 18 heavy (non-hydrogen) atoms. The third-order valence-corrected chi connectivity index (χ3v) is 2.83. The Morgan fingerprint density at radius 2 is 2.17 bits per heavy atom. The predicted molar refractivity (Wildman–Crippen MR) is 72.9 cm³/mol. The summed E-state index contributed by atoms with van der Waals surface area (Å²) >= 11 is 0. The number of hydrogen-bond donors (Lipinski definition) is 1. The normalized spacial score (nSPS) is 10.1. The standard InChI is InChI=1S/C14H20N2O2/c1-3-4-7-16(9-14(15)18)13-6-5-12(10-17)8-11(13)2/h5-6,8,10H,3-4,7,9H2,1-2H3,(H2,15,18). The Bertz CT molecular complexity index is 430. The molecule has 0 unspecified atom stereocenters. The van der Waals surface area contributed by atoms with Gasteiger partial charge in [0, 0.05) is 17.8 Å². The number of nitrogens with zero attached hydrogens (tertiary/aromatic N) is 1. The monoisotopic (exact) mass is 248 g/mol. The summed E-state index contributed by atoms with van der Waals surface area (Å²) in [6.07, 6.45) is 2.88. The molecule has 0 aliphatic carbocycles. The van der Waals surface area contributed by atoms with Crippen molar-refractivity contribution in [3.8, 4) is 0 Å². The van der Waals surface area contributed by atoms with Gasteiger partial charge in [-0.2, -0.15) is 0 Å². The van der Waals surface area contributed by atoms with Crippen molar-refractivity contribution in [3.05, 3.63) is 29.3 Å². The maximum atomic E-state index is 11.1. The molecule has 98 valence electrons. The van der Waals surface area contributed by atoms with E-state index in [1.54, 1.807) is 6.07 Å². The lowest BCUT2D eigenvalue weighted by Crippen LogP contribution is -2.35. The van der Waals surface area contributed by atoms with Crippen LogP contribution >= 0.6 is 0 Å². The molecule has 0 aliphatic heterocycles. The van der Waals surface area contributed by atoms with Crippen molar-refractivity contribution in [3.63, 3.8) is 0 Å². The Balaban J connectivity index is 2.96. The first kappa shape index (κ1) is 14.2. The first-order chi connectivity index (χ1) is 8.58. The van der Waals surface area contributed by atoms with E-state index in [0.29, 0.717) is 5.56 Å². The van der Waals surface area contributed by atoms with Crippen molar-refractivity contribution < 1.29 is 9.59 Å². The zero-order valence-electron chi connectivity index (χ0n) is 11.0. The summed E-state index contributed by atoms with van der Waals surface area (Å²) < 4.78 is 0. The molecular weight excluding hydrogens is 228 g/mol. The highest BCUT2D eigenvalue weighted by atomic mass is 16.1. The van der Waals surface area contributed by atoms with Gasteiger partial charge in [0.1, 0.15) is 6.29 Å². The maximum Gasteiger partial charge on any atom is 0.236 e. The average Bonchev–Trinajstić information content (AvgIpc) is 2.34. The van der Waals surface area contributed by atoms with Gasteiger partial charge >= 0.3 is 0 Å². The molecule has 0 aromatic heterocycles. The van der Waals surface area contributed by atoms with Crippen molar-refractivity contribution >= 4 is 17.9 Å². The summed E-state index contributed by atoms with van der Waals surface area (Å²) in [6, 6.07) is 5.45.